The van der Waals surface area contributed by atoms with Crippen LogP contribution in [0.15, 0.2) is 78.6 Å². The van der Waals surface area contributed by atoms with Crippen molar-refractivity contribution in [3.63, 3.8) is 0 Å². The Labute approximate surface area is 265 Å². The lowest BCUT2D eigenvalue weighted by Crippen LogP contribution is -2.75. The van der Waals surface area contributed by atoms with Crippen LogP contribution in [0.2, 0.25) is 0 Å². The standard InChI is InChI=1S/C40H41NO4/c1-2-8-32-38-21-19-25-9-5-13-30-27(15-16-29-18-17-28-12-3-4-20-37(28,29)30)23-33(44-36(38)43)39(38,24-25)40(32)31-14-6-10-26(11-7-22-41)34(31)35(42)45-40/h3-4,6,10,12,14-16,19-21,23,25,27-30,32H,2,7-8,11,13,17-18,22,24,41H2,1H3/b33-23+/t25-,27-,28-,29+,30-,32-,37-,38-,39+,40+/m0/s1. The third-order valence-electron chi connectivity index (χ3n) is 13.2. The molecule has 0 amide bonds. The summed E-state index contributed by atoms with van der Waals surface area (Å²) in [6, 6.07) is 6.16. The average molecular weight is 600 g/mol. The summed E-state index contributed by atoms with van der Waals surface area (Å²) in [6.45, 7) is 2.70. The van der Waals surface area contributed by atoms with Gasteiger partial charge in [0.2, 0.25) is 0 Å². The Kier molecular flexibility index (Phi) is 5.81. The van der Waals surface area contributed by atoms with E-state index in [2.05, 4.69) is 85.6 Å². The summed E-state index contributed by atoms with van der Waals surface area (Å²) in [4.78, 5) is 28.5. The van der Waals surface area contributed by atoms with Crippen molar-refractivity contribution in [1.82, 2.24) is 0 Å². The van der Waals surface area contributed by atoms with Gasteiger partial charge >= 0.3 is 11.9 Å². The molecule has 0 radical (unpaired) electrons. The number of rotatable bonds is 5. The number of carbonyl (C=O) groups excluding carboxylic acids is 2. The Balaban J connectivity index is 1.28. The summed E-state index contributed by atoms with van der Waals surface area (Å²) in [6.07, 6.45) is 27.5. The molecule has 1 aromatic rings. The highest BCUT2D eigenvalue weighted by molar-refractivity contribution is 5.99. The molecule has 1 aromatic carbocycles. The van der Waals surface area contributed by atoms with Gasteiger partial charge in [-0.1, -0.05) is 86.1 Å². The predicted octanol–water partition coefficient (Wildman–Crippen LogP) is 6.71. The number of fused-ring (bicyclic) bond motifs is 4. The lowest BCUT2D eigenvalue weighted by molar-refractivity contribution is -0.273. The van der Waals surface area contributed by atoms with E-state index in [1.54, 1.807) is 0 Å². The number of hydrogen-bond donors (Lipinski definition) is 1. The topological polar surface area (TPSA) is 78.6 Å². The highest BCUT2D eigenvalue weighted by Crippen LogP contribution is 2.84. The van der Waals surface area contributed by atoms with Gasteiger partial charge in [-0.05, 0) is 74.5 Å². The molecular formula is C40H41NO4. The molecule has 10 atom stereocenters. The van der Waals surface area contributed by atoms with E-state index in [4.69, 9.17) is 15.2 Å². The number of allylic oxidation sites excluding steroid dienone is 8. The summed E-state index contributed by atoms with van der Waals surface area (Å²) < 4.78 is 13.4. The van der Waals surface area contributed by atoms with Gasteiger partial charge in [-0.25, -0.2) is 4.79 Å². The molecule has 2 heterocycles. The van der Waals surface area contributed by atoms with Crippen LogP contribution < -0.4 is 5.73 Å². The maximum Gasteiger partial charge on any atom is 0.339 e. The van der Waals surface area contributed by atoms with E-state index in [-0.39, 0.29) is 41.0 Å². The van der Waals surface area contributed by atoms with Crippen molar-refractivity contribution < 1.29 is 19.1 Å². The molecule has 3 fully saturated rings. The van der Waals surface area contributed by atoms with Crippen molar-refractivity contribution in [1.29, 1.82) is 0 Å². The zero-order valence-corrected chi connectivity index (χ0v) is 26.0. The lowest BCUT2D eigenvalue weighted by Gasteiger charge is -2.69. The van der Waals surface area contributed by atoms with Crippen molar-refractivity contribution >= 4 is 11.9 Å². The maximum atomic E-state index is 14.4. The summed E-state index contributed by atoms with van der Waals surface area (Å²) in [5, 5.41) is 0. The molecule has 2 saturated carbocycles. The number of esters is 2. The smallest absolute Gasteiger partial charge is 0.339 e. The van der Waals surface area contributed by atoms with Crippen LogP contribution in [0.25, 0.3) is 0 Å². The van der Waals surface area contributed by atoms with Crippen LogP contribution in [-0.4, -0.2) is 18.5 Å². The minimum absolute atomic E-state index is 0.00772. The van der Waals surface area contributed by atoms with Crippen molar-refractivity contribution in [2.24, 2.45) is 57.5 Å². The Hall–Kier alpha value is -3.62. The van der Waals surface area contributed by atoms with Crippen LogP contribution in [0.3, 0.4) is 0 Å². The fourth-order valence-electron chi connectivity index (χ4n) is 11.7. The molecule has 2 aliphatic heterocycles. The van der Waals surface area contributed by atoms with Crippen LogP contribution in [0.1, 0.15) is 73.4 Å². The van der Waals surface area contributed by atoms with Gasteiger partial charge in [0, 0.05) is 35.2 Å². The third kappa shape index (κ3) is 3.06. The maximum absolute atomic E-state index is 14.4. The molecule has 45 heavy (non-hydrogen) atoms. The van der Waals surface area contributed by atoms with Gasteiger partial charge in [-0.2, -0.15) is 0 Å². The van der Waals surface area contributed by atoms with E-state index in [1.165, 1.54) is 12.8 Å². The van der Waals surface area contributed by atoms with E-state index >= 15 is 0 Å². The zero-order valence-electron chi connectivity index (χ0n) is 26.0. The summed E-state index contributed by atoms with van der Waals surface area (Å²) in [7, 11) is 0. The first-order chi connectivity index (χ1) is 22.0. The summed E-state index contributed by atoms with van der Waals surface area (Å²) in [5.41, 5.74) is 5.74. The molecule has 8 aliphatic rings. The van der Waals surface area contributed by atoms with E-state index in [1.807, 2.05) is 6.07 Å². The van der Waals surface area contributed by atoms with E-state index in [0.29, 0.717) is 42.5 Å². The molecule has 230 valence electrons. The Morgan fingerprint density at radius 1 is 1.04 bits per heavy atom. The first kappa shape index (κ1) is 27.7. The summed E-state index contributed by atoms with van der Waals surface area (Å²) in [5.74, 6) is 8.54. The van der Waals surface area contributed by atoms with Gasteiger partial charge in [0.1, 0.15) is 11.2 Å². The largest absolute Gasteiger partial charge is 0.449 e. The zero-order chi connectivity index (χ0) is 30.6. The van der Waals surface area contributed by atoms with Gasteiger partial charge in [-0.3, -0.25) is 4.79 Å². The molecule has 3 spiro atoms. The lowest BCUT2D eigenvalue weighted by atomic mass is 9.31. The number of nitrogens with two attached hydrogens (primary N) is 1. The highest BCUT2D eigenvalue weighted by Gasteiger charge is 2.91. The highest BCUT2D eigenvalue weighted by atomic mass is 16.6. The molecule has 6 aliphatic carbocycles. The molecule has 2 bridgehead atoms. The number of aryl methyl sites for hydroxylation is 1. The second-order valence-electron chi connectivity index (χ2n) is 14.7. The van der Waals surface area contributed by atoms with Crippen molar-refractivity contribution in [3.8, 4) is 11.8 Å². The number of carbonyl (C=O) groups is 2. The first-order valence-corrected chi connectivity index (χ1v) is 17.2. The van der Waals surface area contributed by atoms with Crippen LogP contribution in [0, 0.1) is 63.6 Å². The minimum atomic E-state index is -0.992. The van der Waals surface area contributed by atoms with E-state index < -0.39 is 16.4 Å². The second kappa shape index (κ2) is 9.46. The second-order valence-corrected chi connectivity index (χ2v) is 14.7. The van der Waals surface area contributed by atoms with Crippen molar-refractivity contribution in [2.45, 2.75) is 63.9 Å². The van der Waals surface area contributed by atoms with Gasteiger partial charge in [0.25, 0.3) is 0 Å². The SMILES string of the molecule is CCC[C@@H]1[C@@]2(OC(=O)c3c(CCCN)cccc32)[C@]23C[C@H]4C#CC[C@H]5[C@@H](C=C[C@@H]6CC[C@@H]7C=CC=C[C@@]675)/C=C\2OC(=O)[C@]13C=C4. The molecule has 5 heteroatoms. The summed E-state index contributed by atoms with van der Waals surface area (Å²) >= 11 is 0. The average Bonchev–Trinajstić information content (AvgIpc) is 3.67. The molecule has 2 N–H and O–H groups in total. The number of benzene rings is 1. The molecule has 0 unspecified atom stereocenters. The normalized spacial score (nSPS) is 44.7. The van der Waals surface area contributed by atoms with Crippen LogP contribution in [0.5, 0.6) is 0 Å². The Morgan fingerprint density at radius 2 is 1.91 bits per heavy atom. The quantitative estimate of drug-likeness (QED) is 0.231. The fraction of sp³-hybridized carbons (Fsp3) is 0.500. The predicted molar refractivity (Wildman–Crippen MR) is 171 cm³/mol. The Bertz CT molecular complexity index is 1740. The van der Waals surface area contributed by atoms with Crippen molar-refractivity contribution in [3.05, 3.63) is 95.3 Å². The van der Waals surface area contributed by atoms with Crippen molar-refractivity contribution in [2.75, 3.05) is 6.54 Å². The van der Waals surface area contributed by atoms with Gasteiger partial charge in [0.15, 0.2) is 5.60 Å². The van der Waals surface area contributed by atoms with Gasteiger partial charge < -0.3 is 15.2 Å². The van der Waals surface area contributed by atoms with E-state index in [0.717, 1.165) is 36.8 Å². The Morgan fingerprint density at radius 3 is 2.76 bits per heavy atom. The number of hydrogen-bond acceptors (Lipinski definition) is 5. The fourth-order valence-corrected chi connectivity index (χ4v) is 11.7. The van der Waals surface area contributed by atoms with Gasteiger partial charge in [-0.15, -0.1) is 5.92 Å². The minimum Gasteiger partial charge on any atom is -0.449 e. The third-order valence-corrected chi connectivity index (χ3v) is 13.2. The molecule has 1 saturated heterocycles. The molecular weight excluding hydrogens is 558 g/mol. The monoisotopic (exact) mass is 599 g/mol. The van der Waals surface area contributed by atoms with Crippen LogP contribution in [-0.2, 0) is 26.3 Å². The molecule has 0 aromatic heterocycles. The van der Waals surface area contributed by atoms with Crippen LogP contribution >= 0.6 is 0 Å². The number of ether oxygens (including phenoxy) is 2. The molecule has 9 rings (SSSR count). The van der Waals surface area contributed by atoms with E-state index in [9.17, 15) is 9.59 Å². The first-order valence-electron chi connectivity index (χ1n) is 17.2. The van der Waals surface area contributed by atoms with Gasteiger partial charge in [0.05, 0.1) is 11.0 Å². The van der Waals surface area contributed by atoms with Crippen LogP contribution in [0.4, 0.5) is 0 Å². The molecule has 5 nitrogen and oxygen atoms in total.